The molecule has 0 aliphatic heterocycles. The fourth-order valence-electron chi connectivity index (χ4n) is 1.94. The highest BCUT2D eigenvalue weighted by atomic mass is 16.1. The third kappa shape index (κ3) is 3.10. The summed E-state index contributed by atoms with van der Waals surface area (Å²) in [5.74, 6) is -0.0193. The number of ketones is 1. The van der Waals surface area contributed by atoms with E-state index in [1.54, 1.807) is 12.3 Å². The van der Waals surface area contributed by atoms with E-state index in [0.717, 1.165) is 17.8 Å². The first kappa shape index (κ1) is 13.1. The maximum absolute atomic E-state index is 11.5. The van der Waals surface area contributed by atoms with Crippen LogP contribution >= 0.6 is 0 Å². The van der Waals surface area contributed by atoms with Crippen molar-refractivity contribution in [3.05, 3.63) is 53.9 Å². The number of anilines is 2. The number of aromatic nitrogens is 1. The molecule has 0 fully saturated rings. The molecule has 0 atom stereocenters. The molecule has 0 aliphatic carbocycles. The lowest BCUT2D eigenvalue weighted by molar-refractivity contribution is 0.101. The van der Waals surface area contributed by atoms with Gasteiger partial charge in [0.1, 0.15) is 0 Å². The first-order valence-electron chi connectivity index (χ1n) is 6.08. The summed E-state index contributed by atoms with van der Waals surface area (Å²) < 4.78 is 0. The number of Topliss-reactive ketones (excluding diaryl/α,β-unsaturated/α-hetero) is 1. The predicted octanol–water partition coefficient (Wildman–Crippen LogP) is 2.50. The number of carbonyl (C=O) groups is 1. The van der Waals surface area contributed by atoms with Gasteiger partial charge in [0.05, 0.1) is 0 Å². The van der Waals surface area contributed by atoms with Crippen molar-refractivity contribution in [2.75, 3.05) is 17.7 Å². The smallest absolute Gasteiger partial charge is 0.161 e. The number of rotatable bonds is 4. The monoisotopic (exact) mass is 255 g/mol. The minimum absolute atomic E-state index is 0.0193. The van der Waals surface area contributed by atoms with Gasteiger partial charge in [0.25, 0.3) is 0 Å². The van der Waals surface area contributed by atoms with Crippen LogP contribution in [0.2, 0.25) is 0 Å². The van der Waals surface area contributed by atoms with Crippen molar-refractivity contribution in [3.8, 4) is 0 Å². The molecule has 0 spiro atoms. The molecule has 0 saturated carbocycles. The molecule has 2 aromatic rings. The van der Waals surface area contributed by atoms with E-state index in [-0.39, 0.29) is 5.78 Å². The van der Waals surface area contributed by atoms with Gasteiger partial charge in [0.2, 0.25) is 0 Å². The van der Waals surface area contributed by atoms with Crippen molar-refractivity contribution in [1.82, 2.24) is 4.98 Å². The zero-order valence-electron chi connectivity index (χ0n) is 11.1. The Hall–Kier alpha value is -2.36. The first-order valence-corrected chi connectivity index (χ1v) is 6.08. The van der Waals surface area contributed by atoms with Gasteiger partial charge in [0, 0.05) is 42.9 Å². The fraction of sp³-hybridized carbons (Fsp3) is 0.200. The van der Waals surface area contributed by atoms with Crippen molar-refractivity contribution in [2.24, 2.45) is 0 Å². The van der Waals surface area contributed by atoms with Gasteiger partial charge in [-0.2, -0.15) is 0 Å². The SMILES string of the molecule is CC(=O)c1cc(N(C)Cc2cccnc2)ccc1N. The summed E-state index contributed by atoms with van der Waals surface area (Å²) in [6, 6.07) is 9.44. The summed E-state index contributed by atoms with van der Waals surface area (Å²) in [7, 11) is 1.97. The Labute approximate surface area is 112 Å². The van der Waals surface area contributed by atoms with E-state index in [0.29, 0.717) is 11.3 Å². The lowest BCUT2D eigenvalue weighted by Crippen LogP contribution is -2.17. The number of nitrogens with zero attached hydrogens (tertiary/aromatic N) is 2. The molecule has 0 radical (unpaired) electrons. The van der Waals surface area contributed by atoms with Gasteiger partial charge in [-0.15, -0.1) is 0 Å². The molecular formula is C15H17N3O. The summed E-state index contributed by atoms with van der Waals surface area (Å²) in [5.41, 5.74) is 8.96. The topological polar surface area (TPSA) is 59.2 Å². The summed E-state index contributed by atoms with van der Waals surface area (Å²) >= 11 is 0. The number of nitrogen functional groups attached to an aromatic ring is 1. The quantitative estimate of drug-likeness (QED) is 0.673. The number of nitrogens with two attached hydrogens (primary N) is 1. The standard InChI is InChI=1S/C15H17N3O/c1-11(19)14-8-13(5-6-15(14)16)18(2)10-12-4-3-7-17-9-12/h3-9H,10,16H2,1-2H3. The van der Waals surface area contributed by atoms with Crippen molar-refractivity contribution in [3.63, 3.8) is 0 Å². The van der Waals surface area contributed by atoms with Crippen molar-refractivity contribution in [1.29, 1.82) is 0 Å². The molecule has 0 aliphatic rings. The molecule has 0 bridgehead atoms. The lowest BCUT2D eigenvalue weighted by atomic mass is 10.1. The lowest BCUT2D eigenvalue weighted by Gasteiger charge is -2.20. The van der Waals surface area contributed by atoms with E-state index in [1.807, 2.05) is 37.5 Å². The van der Waals surface area contributed by atoms with Gasteiger partial charge in [-0.05, 0) is 36.8 Å². The van der Waals surface area contributed by atoms with E-state index in [1.165, 1.54) is 6.92 Å². The van der Waals surface area contributed by atoms with Crippen LogP contribution < -0.4 is 10.6 Å². The Morgan fingerprint density at radius 3 is 2.79 bits per heavy atom. The molecule has 2 N–H and O–H groups in total. The highest BCUT2D eigenvalue weighted by molar-refractivity contribution is 6.00. The fourth-order valence-corrected chi connectivity index (χ4v) is 1.94. The molecule has 2 rings (SSSR count). The zero-order valence-corrected chi connectivity index (χ0v) is 11.1. The third-order valence-corrected chi connectivity index (χ3v) is 3.00. The predicted molar refractivity (Wildman–Crippen MR) is 77.2 cm³/mol. The Morgan fingerprint density at radius 2 is 2.16 bits per heavy atom. The minimum atomic E-state index is -0.0193. The zero-order chi connectivity index (χ0) is 13.8. The maximum Gasteiger partial charge on any atom is 0.161 e. The van der Waals surface area contributed by atoms with Crippen LogP contribution in [0.5, 0.6) is 0 Å². The second-order valence-electron chi connectivity index (χ2n) is 4.55. The van der Waals surface area contributed by atoms with Gasteiger partial charge in [-0.25, -0.2) is 0 Å². The van der Waals surface area contributed by atoms with Crippen molar-refractivity contribution in [2.45, 2.75) is 13.5 Å². The molecule has 0 saturated heterocycles. The van der Waals surface area contributed by atoms with Crippen molar-refractivity contribution < 1.29 is 4.79 Å². The summed E-state index contributed by atoms with van der Waals surface area (Å²) in [4.78, 5) is 17.6. The van der Waals surface area contributed by atoms with Crippen LogP contribution in [0.15, 0.2) is 42.7 Å². The van der Waals surface area contributed by atoms with Crippen molar-refractivity contribution >= 4 is 17.2 Å². The summed E-state index contributed by atoms with van der Waals surface area (Å²) in [6.45, 7) is 2.26. The molecule has 19 heavy (non-hydrogen) atoms. The molecule has 1 aromatic heterocycles. The van der Waals surface area contributed by atoms with Gasteiger partial charge < -0.3 is 10.6 Å². The second kappa shape index (κ2) is 5.52. The van der Waals surface area contributed by atoms with Crippen LogP contribution in [0.1, 0.15) is 22.8 Å². The van der Waals surface area contributed by atoms with Gasteiger partial charge in [0.15, 0.2) is 5.78 Å². The number of benzene rings is 1. The van der Waals surface area contributed by atoms with Crippen LogP contribution in [-0.4, -0.2) is 17.8 Å². The maximum atomic E-state index is 11.5. The van der Waals surface area contributed by atoms with Crippen LogP contribution in [0.25, 0.3) is 0 Å². The average molecular weight is 255 g/mol. The highest BCUT2D eigenvalue weighted by Crippen LogP contribution is 2.22. The Bertz CT molecular complexity index is 581. The van der Waals surface area contributed by atoms with Crippen LogP contribution in [-0.2, 0) is 6.54 Å². The normalized spacial score (nSPS) is 10.2. The summed E-state index contributed by atoms with van der Waals surface area (Å²) in [5, 5.41) is 0. The number of carbonyl (C=O) groups excluding carboxylic acids is 1. The molecular weight excluding hydrogens is 238 g/mol. The highest BCUT2D eigenvalue weighted by Gasteiger charge is 2.08. The van der Waals surface area contributed by atoms with Gasteiger partial charge in [-0.3, -0.25) is 9.78 Å². The molecule has 0 amide bonds. The van der Waals surface area contributed by atoms with Crippen LogP contribution in [0.4, 0.5) is 11.4 Å². The molecule has 1 heterocycles. The molecule has 98 valence electrons. The summed E-state index contributed by atoms with van der Waals surface area (Å²) in [6.07, 6.45) is 3.58. The average Bonchev–Trinajstić information content (AvgIpc) is 2.40. The number of pyridine rings is 1. The molecule has 4 heteroatoms. The largest absolute Gasteiger partial charge is 0.398 e. The molecule has 4 nitrogen and oxygen atoms in total. The Morgan fingerprint density at radius 1 is 1.37 bits per heavy atom. The minimum Gasteiger partial charge on any atom is -0.398 e. The molecule has 1 aromatic carbocycles. The van der Waals surface area contributed by atoms with Gasteiger partial charge in [-0.1, -0.05) is 6.07 Å². The van der Waals surface area contributed by atoms with Crippen LogP contribution in [0, 0.1) is 0 Å². The Kier molecular flexibility index (Phi) is 3.80. The van der Waals surface area contributed by atoms with E-state index < -0.39 is 0 Å². The Balaban J connectivity index is 2.22. The van der Waals surface area contributed by atoms with E-state index in [4.69, 9.17) is 5.73 Å². The van der Waals surface area contributed by atoms with E-state index in [9.17, 15) is 4.79 Å². The number of hydrogen-bond acceptors (Lipinski definition) is 4. The van der Waals surface area contributed by atoms with Crippen LogP contribution in [0.3, 0.4) is 0 Å². The number of hydrogen-bond donors (Lipinski definition) is 1. The van der Waals surface area contributed by atoms with Gasteiger partial charge >= 0.3 is 0 Å². The molecule has 0 unspecified atom stereocenters. The second-order valence-corrected chi connectivity index (χ2v) is 4.55. The third-order valence-electron chi connectivity index (χ3n) is 3.00. The van der Waals surface area contributed by atoms with E-state index in [2.05, 4.69) is 9.88 Å². The first-order chi connectivity index (χ1) is 9.08. The van der Waals surface area contributed by atoms with E-state index >= 15 is 0 Å².